The average molecular weight is 224 g/mol. The van der Waals surface area contributed by atoms with Crippen molar-refractivity contribution in [3.8, 4) is 0 Å². The first-order valence-electron chi connectivity index (χ1n) is 6.38. The van der Waals surface area contributed by atoms with E-state index in [4.69, 9.17) is 0 Å². The average Bonchev–Trinajstić information content (AvgIpc) is 2.17. The number of ketones is 1. The smallest absolute Gasteiger partial charge is 0.133 e. The predicted octanol–water partition coefficient (Wildman–Crippen LogP) is 3.10. The van der Waals surface area contributed by atoms with Gasteiger partial charge in [-0.05, 0) is 38.0 Å². The third kappa shape index (κ3) is 4.09. The fourth-order valence-electron chi connectivity index (χ4n) is 2.33. The molecule has 92 valence electrons. The number of carbonyl (C=O) groups excluding carboxylic acids is 1. The van der Waals surface area contributed by atoms with E-state index in [2.05, 4.69) is 13.0 Å². The SMILES string of the molecule is CCCC(=O)C[C@@H](C)[C@H]1C=C[C@](C)(O)CC1. The Balaban J connectivity index is 2.44. The number of allylic oxidation sites excluding steroid dienone is 1. The van der Waals surface area contributed by atoms with Crippen LogP contribution in [0.1, 0.15) is 52.9 Å². The molecule has 0 heterocycles. The van der Waals surface area contributed by atoms with Crippen molar-refractivity contribution in [2.45, 2.75) is 58.5 Å². The number of aliphatic hydroxyl groups is 1. The van der Waals surface area contributed by atoms with Crippen molar-refractivity contribution in [3.63, 3.8) is 0 Å². The Kier molecular flexibility index (Phi) is 4.72. The highest BCUT2D eigenvalue weighted by atomic mass is 16.3. The lowest BCUT2D eigenvalue weighted by molar-refractivity contribution is -0.120. The van der Waals surface area contributed by atoms with E-state index in [1.807, 2.05) is 19.9 Å². The number of rotatable bonds is 5. The number of hydrogen-bond acceptors (Lipinski definition) is 2. The third-order valence-electron chi connectivity index (χ3n) is 3.50. The predicted molar refractivity (Wildman–Crippen MR) is 66.2 cm³/mol. The molecular formula is C14H24O2. The molecule has 0 unspecified atom stereocenters. The minimum Gasteiger partial charge on any atom is -0.386 e. The molecule has 0 radical (unpaired) electrons. The van der Waals surface area contributed by atoms with Crippen molar-refractivity contribution in [2.24, 2.45) is 11.8 Å². The van der Waals surface area contributed by atoms with Crippen LogP contribution in [0.3, 0.4) is 0 Å². The van der Waals surface area contributed by atoms with Gasteiger partial charge in [-0.25, -0.2) is 0 Å². The molecule has 0 aliphatic heterocycles. The Labute approximate surface area is 98.7 Å². The van der Waals surface area contributed by atoms with Crippen LogP contribution in [-0.4, -0.2) is 16.5 Å². The minimum absolute atomic E-state index is 0.376. The summed E-state index contributed by atoms with van der Waals surface area (Å²) in [5, 5.41) is 9.79. The fourth-order valence-corrected chi connectivity index (χ4v) is 2.33. The van der Waals surface area contributed by atoms with Crippen LogP contribution in [0.25, 0.3) is 0 Å². The van der Waals surface area contributed by atoms with Crippen LogP contribution >= 0.6 is 0 Å². The highest BCUT2D eigenvalue weighted by Gasteiger charge is 2.26. The van der Waals surface area contributed by atoms with Crippen molar-refractivity contribution in [1.29, 1.82) is 0 Å². The molecule has 0 aromatic rings. The molecule has 1 aliphatic carbocycles. The van der Waals surface area contributed by atoms with Crippen molar-refractivity contribution < 1.29 is 9.90 Å². The molecule has 16 heavy (non-hydrogen) atoms. The van der Waals surface area contributed by atoms with Gasteiger partial charge in [-0.3, -0.25) is 4.79 Å². The van der Waals surface area contributed by atoms with Gasteiger partial charge in [-0.2, -0.15) is 0 Å². The summed E-state index contributed by atoms with van der Waals surface area (Å²) in [5.74, 6) is 1.24. The first-order valence-corrected chi connectivity index (χ1v) is 6.38. The Hall–Kier alpha value is -0.630. The molecule has 1 aliphatic rings. The van der Waals surface area contributed by atoms with Gasteiger partial charge in [0.25, 0.3) is 0 Å². The van der Waals surface area contributed by atoms with Crippen molar-refractivity contribution in [1.82, 2.24) is 0 Å². The minimum atomic E-state index is -0.635. The van der Waals surface area contributed by atoms with Gasteiger partial charge in [0.05, 0.1) is 5.60 Å². The molecule has 0 fully saturated rings. The molecule has 2 heteroatoms. The Morgan fingerprint density at radius 1 is 1.62 bits per heavy atom. The van der Waals surface area contributed by atoms with Crippen LogP contribution in [0.5, 0.6) is 0 Å². The lowest BCUT2D eigenvalue weighted by Crippen LogP contribution is -2.28. The van der Waals surface area contributed by atoms with E-state index in [0.29, 0.717) is 30.5 Å². The second-order valence-electron chi connectivity index (χ2n) is 5.39. The van der Waals surface area contributed by atoms with Gasteiger partial charge in [0, 0.05) is 12.8 Å². The maximum atomic E-state index is 11.6. The van der Waals surface area contributed by atoms with Gasteiger partial charge in [0.1, 0.15) is 5.78 Å². The second-order valence-corrected chi connectivity index (χ2v) is 5.39. The molecule has 0 aromatic carbocycles. The summed E-state index contributed by atoms with van der Waals surface area (Å²) >= 11 is 0. The van der Waals surface area contributed by atoms with E-state index < -0.39 is 5.60 Å². The van der Waals surface area contributed by atoms with Crippen LogP contribution in [0.4, 0.5) is 0 Å². The maximum absolute atomic E-state index is 11.6. The van der Waals surface area contributed by atoms with Crippen LogP contribution in [0.15, 0.2) is 12.2 Å². The molecule has 0 bridgehead atoms. The molecule has 1 N–H and O–H groups in total. The van der Waals surface area contributed by atoms with Crippen molar-refractivity contribution in [2.75, 3.05) is 0 Å². The molecule has 2 nitrogen and oxygen atoms in total. The zero-order valence-corrected chi connectivity index (χ0v) is 10.7. The fraction of sp³-hybridized carbons (Fsp3) is 0.786. The summed E-state index contributed by atoms with van der Waals surface area (Å²) < 4.78 is 0. The molecule has 0 spiro atoms. The van der Waals surface area contributed by atoms with Crippen molar-refractivity contribution >= 4 is 5.78 Å². The standard InChI is InChI=1S/C14H24O2/c1-4-5-13(15)10-11(2)12-6-8-14(3,16)9-7-12/h6,8,11-12,16H,4-5,7,9-10H2,1-3H3/t11-,12+,14+/m1/s1. The Bertz CT molecular complexity index is 266. The third-order valence-corrected chi connectivity index (χ3v) is 3.50. The summed E-state index contributed by atoms with van der Waals surface area (Å²) in [6.07, 6.45) is 8.12. The monoisotopic (exact) mass is 224 g/mol. The largest absolute Gasteiger partial charge is 0.386 e. The van der Waals surface area contributed by atoms with Gasteiger partial charge in [-0.15, -0.1) is 0 Å². The number of Topliss-reactive ketones (excluding diaryl/α,β-unsaturated/α-hetero) is 1. The van der Waals surface area contributed by atoms with Crippen LogP contribution in [-0.2, 0) is 4.79 Å². The summed E-state index contributed by atoms with van der Waals surface area (Å²) in [6, 6.07) is 0. The maximum Gasteiger partial charge on any atom is 0.133 e. The summed E-state index contributed by atoms with van der Waals surface area (Å²) in [4.78, 5) is 11.6. The van der Waals surface area contributed by atoms with Gasteiger partial charge >= 0.3 is 0 Å². The van der Waals surface area contributed by atoms with E-state index in [9.17, 15) is 9.90 Å². The van der Waals surface area contributed by atoms with Crippen LogP contribution in [0.2, 0.25) is 0 Å². The summed E-state index contributed by atoms with van der Waals surface area (Å²) in [7, 11) is 0. The van der Waals surface area contributed by atoms with E-state index in [1.165, 1.54) is 0 Å². The molecule has 0 amide bonds. The highest BCUT2D eigenvalue weighted by molar-refractivity contribution is 5.78. The second kappa shape index (κ2) is 5.62. The first-order chi connectivity index (χ1) is 7.44. The zero-order valence-electron chi connectivity index (χ0n) is 10.7. The van der Waals surface area contributed by atoms with Crippen molar-refractivity contribution in [3.05, 3.63) is 12.2 Å². The van der Waals surface area contributed by atoms with Gasteiger partial charge in [0.2, 0.25) is 0 Å². The van der Waals surface area contributed by atoms with Gasteiger partial charge in [0.15, 0.2) is 0 Å². The summed E-state index contributed by atoms with van der Waals surface area (Å²) in [5.41, 5.74) is -0.635. The van der Waals surface area contributed by atoms with Gasteiger partial charge < -0.3 is 5.11 Å². The molecule has 0 saturated heterocycles. The molecule has 3 atom stereocenters. The van der Waals surface area contributed by atoms with E-state index in [0.717, 1.165) is 19.3 Å². The van der Waals surface area contributed by atoms with E-state index in [1.54, 1.807) is 0 Å². The molecular weight excluding hydrogens is 200 g/mol. The highest BCUT2D eigenvalue weighted by Crippen LogP contribution is 2.31. The summed E-state index contributed by atoms with van der Waals surface area (Å²) in [6.45, 7) is 6.02. The lowest BCUT2D eigenvalue weighted by Gasteiger charge is -2.30. The lowest BCUT2D eigenvalue weighted by atomic mass is 9.78. The first kappa shape index (κ1) is 13.4. The topological polar surface area (TPSA) is 37.3 Å². The number of carbonyl (C=O) groups is 1. The Morgan fingerprint density at radius 3 is 2.81 bits per heavy atom. The number of hydrogen-bond donors (Lipinski definition) is 1. The van der Waals surface area contributed by atoms with Crippen LogP contribution in [0, 0.1) is 11.8 Å². The Morgan fingerprint density at radius 2 is 2.31 bits per heavy atom. The van der Waals surface area contributed by atoms with E-state index in [-0.39, 0.29) is 0 Å². The quantitative estimate of drug-likeness (QED) is 0.729. The van der Waals surface area contributed by atoms with E-state index >= 15 is 0 Å². The molecule has 0 aromatic heterocycles. The van der Waals surface area contributed by atoms with Gasteiger partial charge in [-0.1, -0.05) is 26.0 Å². The zero-order chi connectivity index (χ0) is 12.2. The molecule has 1 rings (SSSR count). The molecule has 0 saturated carbocycles. The van der Waals surface area contributed by atoms with Crippen LogP contribution < -0.4 is 0 Å². The normalized spacial score (nSPS) is 31.4.